The number of aryl methyl sites for hydroxylation is 1. The Labute approximate surface area is 155 Å². The van der Waals surface area contributed by atoms with E-state index in [2.05, 4.69) is 29.0 Å². The quantitative estimate of drug-likeness (QED) is 0.598. The Morgan fingerprint density at radius 3 is 2.67 bits per heavy atom. The van der Waals surface area contributed by atoms with Gasteiger partial charge in [0.15, 0.2) is 0 Å². The number of nitrogens with zero attached hydrogens (tertiary/aromatic N) is 2. The van der Waals surface area contributed by atoms with Gasteiger partial charge in [0.05, 0.1) is 23.0 Å². The van der Waals surface area contributed by atoms with Crippen LogP contribution in [0, 0.1) is 13.8 Å². The molecule has 3 nitrogen and oxygen atoms in total. The topological polar surface area (TPSA) is 25.2 Å². The third-order valence-corrected chi connectivity index (χ3v) is 6.14. The van der Waals surface area contributed by atoms with Crippen molar-refractivity contribution in [2.75, 3.05) is 7.05 Å². The second kappa shape index (κ2) is 7.13. The van der Waals surface area contributed by atoms with E-state index < -0.39 is 0 Å². The second-order valence-corrected chi connectivity index (χ2v) is 8.65. The van der Waals surface area contributed by atoms with Gasteiger partial charge in [0.1, 0.15) is 0 Å². The van der Waals surface area contributed by atoms with Crippen LogP contribution in [-0.4, -0.2) is 22.4 Å². The number of halogens is 1. The van der Waals surface area contributed by atoms with E-state index in [0.29, 0.717) is 6.54 Å². The Morgan fingerprint density at radius 1 is 1.25 bits per heavy atom. The number of carbonyl (C=O) groups excluding carboxylic acids is 1. The van der Waals surface area contributed by atoms with E-state index in [9.17, 15) is 4.79 Å². The van der Waals surface area contributed by atoms with E-state index in [-0.39, 0.29) is 5.91 Å². The molecular formula is C18H19ClN2OS2. The zero-order valence-electron chi connectivity index (χ0n) is 13.9. The van der Waals surface area contributed by atoms with Gasteiger partial charge in [-0.25, -0.2) is 0 Å². The molecule has 0 aliphatic carbocycles. The standard InChI is InChI=1S/C18H19ClN2OS2/c1-12-9-16(13(2)21(12)11-14-5-4-8-23-14)18(22)20(3)10-15-6-7-17(19)24-15/h4-9H,10-11H2,1-3H3. The van der Waals surface area contributed by atoms with E-state index in [1.165, 1.54) is 16.2 Å². The van der Waals surface area contributed by atoms with Crippen LogP contribution in [0.3, 0.4) is 0 Å². The van der Waals surface area contributed by atoms with Crippen molar-refractivity contribution >= 4 is 40.2 Å². The van der Waals surface area contributed by atoms with Gasteiger partial charge < -0.3 is 9.47 Å². The number of carbonyl (C=O) groups is 1. The average Bonchev–Trinajstić information content (AvgIpc) is 3.25. The summed E-state index contributed by atoms with van der Waals surface area (Å²) >= 11 is 9.22. The lowest BCUT2D eigenvalue weighted by Gasteiger charge is -2.16. The lowest BCUT2D eigenvalue weighted by atomic mass is 10.2. The number of aromatic nitrogens is 1. The van der Waals surface area contributed by atoms with Crippen LogP contribution in [0.15, 0.2) is 35.7 Å². The number of rotatable bonds is 5. The molecule has 6 heteroatoms. The maximum absolute atomic E-state index is 12.8. The number of thiophene rings is 2. The van der Waals surface area contributed by atoms with E-state index >= 15 is 0 Å². The van der Waals surface area contributed by atoms with Crippen LogP contribution in [-0.2, 0) is 13.1 Å². The summed E-state index contributed by atoms with van der Waals surface area (Å²) in [5.74, 6) is 0.0463. The van der Waals surface area contributed by atoms with E-state index in [4.69, 9.17) is 11.6 Å². The summed E-state index contributed by atoms with van der Waals surface area (Å²) in [4.78, 5) is 17.0. The molecule has 0 fully saturated rings. The highest BCUT2D eigenvalue weighted by Gasteiger charge is 2.19. The molecule has 0 saturated heterocycles. The molecule has 3 aromatic heterocycles. The molecule has 0 N–H and O–H groups in total. The van der Waals surface area contributed by atoms with E-state index in [1.54, 1.807) is 16.2 Å². The van der Waals surface area contributed by atoms with Gasteiger partial charge >= 0.3 is 0 Å². The maximum atomic E-state index is 12.8. The molecule has 3 rings (SSSR count). The normalized spacial score (nSPS) is 11.0. The third-order valence-electron chi connectivity index (χ3n) is 4.07. The monoisotopic (exact) mass is 378 g/mol. The first-order chi connectivity index (χ1) is 11.5. The summed E-state index contributed by atoms with van der Waals surface area (Å²) < 4.78 is 2.95. The molecule has 24 heavy (non-hydrogen) atoms. The Bertz CT molecular complexity index is 849. The minimum Gasteiger partial charge on any atom is -0.343 e. The SMILES string of the molecule is Cc1cc(C(=O)N(C)Cc2ccc(Cl)s2)c(C)n1Cc1cccs1. The molecule has 1 amide bonds. The molecule has 0 spiro atoms. The molecule has 0 aromatic carbocycles. The maximum Gasteiger partial charge on any atom is 0.255 e. The lowest BCUT2D eigenvalue weighted by molar-refractivity contribution is 0.0785. The second-order valence-electron chi connectivity index (χ2n) is 5.82. The zero-order chi connectivity index (χ0) is 17.3. The molecule has 0 radical (unpaired) electrons. The van der Waals surface area contributed by atoms with Crippen molar-refractivity contribution in [2.24, 2.45) is 0 Å². The molecule has 0 atom stereocenters. The fourth-order valence-corrected chi connectivity index (χ4v) is 4.60. The van der Waals surface area contributed by atoms with Crippen LogP contribution in [0.4, 0.5) is 0 Å². The molecule has 3 aromatic rings. The molecule has 126 valence electrons. The van der Waals surface area contributed by atoms with E-state index in [1.807, 2.05) is 32.2 Å². The Kier molecular flexibility index (Phi) is 5.13. The van der Waals surface area contributed by atoms with Crippen molar-refractivity contribution in [3.05, 3.63) is 66.8 Å². The molecule has 0 saturated carbocycles. The first-order valence-electron chi connectivity index (χ1n) is 7.64. The van der Waals surface area contributed by atoms with Crippen molar-refractivity contribution in [3.63, 3.8) is 0 Å². The van der Waals surface area contributed by atoms with Gasteiger partial charge in [-0.2, -0.15) is 0 Å². The first kappa shape index (κ1) is 17.3. The molecule has 0 aliphatic heterocycles. The van der Waals surface area contributed by atoms with Crippen molar-refractivity contribution in [2.45, 2.75) is 26.9 Å². The molecule has 0 aliphatic rings. The number of amides is 1. The summed E-state index contributed by atoms with van der Waals surface area (Å²) in [5, 5.41) is 2.08. The van der Waals surface area contributed by atoms with Crippen LogP contribution in [0.1, 0.15) is 31.5 Å². The molecule has 0 unspecified atom stereocenters. The fraction of sp³-hybridized carbons (Fsp3) is 0.278. The van der Waals surface area contributed by atoms with Crippen LogP contribution in [0.2, 0.25) is 4.34 Å². The molecule has 3 heterocycles. The van der Waals surface area contributed by atoms with Crippen molar-refractivity contribution in [1.29, 1.82) is 0 Å². The van der Waals surface area contributed by atoms with Crippen molar-refractivity contribution in [1.82, 2.24) is 9.47 Å². The number of hydrogen-bond donors (Lipinski definition) is 0. The van der Waals surface area contributed by atoms with Gasteiger partial charge in [0.2, 0.25) is 0 Å². The summed E-state index contributed by atoms with van der Waals surface area (Å²) in [5.41, 5.74) is 2.90. The summed E-state index contributed by atoms with van der Waals surface area (Å²) in [6, 6.07) is 10.0. The van der Waals surface area contributed by atoms with Crippen molar-refractivity contribution < 1.29 is 4.79 Å². The minimum absolute atomic E-state index is 0.0463. The van der Waals surface area contributed by atoms with Crippen LogP contribution >= 0.6 is 34.3 Å². The largest absolute Gasteiger partial charge is 0.343 e. The minimum atomic E-state index is 0.0463. The Morgan fingerprint density at radius 2 is 2.04 bits per heavy atom. The summed E-state index contributed by atoms with van der Waals surface area (Å²) in [6.07, 6.45) is 0. The highest BCUT2D eigenvalue weighted by Crippen LogP contribution is 2.24. The molecule has 0 bridgehead atoms. The Balaban J connectivity index is 1.79. The Hall–Kier alpha value is -1.56. The first-order valence-corrected chi connectivity index (χ1v) is 9.72. The highest BCUT2D eigenvalue weighted by molar-refractivity contribution is 7.16. The van der Waals surface area contributed by atoms with Gasteiger partial charge in [-0.1, -0.05) is 17.7 Å². The van der Waals surface area contributed by atoms with E-state index in [0.717, 1.165) is 32.7 Å². The van der Waals surface area contributed by atoms with Gasteiger partial charge in [-0.15, -0.1) is 22.7 Å². The number of hydrogen-bond acceptors (Lipinski definition) is 3. The van der Waals surface area contributed by atoms with Crippen molar-refractivity contribution in [3.8, 4) is 0 Å². The van der Waals surface area contributed by atoms with Gasteiger partial charge in [-0.3, -0.25) is 4.79 Å². The van der Waals surface area contributed by atoms with Gasteiger partial charge in [0, 0.05) is 28.2 Å². The predicted molar refractivity (Wildman–Crippen MR) is 102 cm³/mol. The summed E-state index contributed by atoms with van der Waals surface area (Å²) in [7, 11) is 1.83. The predicted octanol–water partition coefficient (Wildman–Crippen LogP) is 5.20. The van der Waals surface area contributed by atoms with Gasteiger partial charge in [-0.05, 0) is 43.5 Å². The third kappa shape index (κ3) is 3.58. The smallest absolute Gasteiger partial charge is 0.255 e. The van der Waals surface area contributed by atoms with Crippen LogP contribution in [0.25, 0.3) is 0 Å². The summed E-state index contributed by atoms with van der Waals surface area (Å²) in [6.45, 7) is 5.46. The van der Waals surface area contributed by atoms with Crippen LogP contribution < -0.4 is 0 Å². The highest BCUT2D eigenvalue weighted by atomic mass is 35.5. The fourth-order valence-electron chi connectivity index (χ4n) is 2.77. The zero-order valence-corrected chi connectivity index (χ0v) is 16.3. The van der Waals surface area contributed by atoms with Gasteiger partial charge in [0.25, 0.3) is 5.91 Å². The average molecular weight is 379 g/mol. The van der Waals surface area contributed by atoms with Crippen LogP contribution in [0.5, 0.6) is 0 Å². The molecular weight excluding hydrogens is 360 g/mol. The lowest BCUT2D eigenvalue weighted by Crippen LogP contribution is -2.26.